The third kappa shape index (κ3) is 2.93. The first kappa shape index (κ1) is 17.5. The van der Waals surface area contributed by atoms with Gasteiger partial charge in [0.25, 0.3) is 0 Å². The van der Waals surface area contributed by atoms with Crippen LogP contribution in [0.5, 0.6) is 0 Å². The number of aromatic nitrogens is 4. The van der Waals surface area contributed by atoms with Crippen LogP contribution in [0.15, 0.2) is 23.6 Å². The van der Waals surface area contributed by atoms with E-state index in [-0.39, 0.29) is 17.9 Å². The molecule has 28 heavy (non-hydrogen) atoms. The molecule has 1 saturated carbocycles. The van der Waals surface area contributed by atoms with Gasteiger partial charge in [-0.3, -0.25) is 14.7 Å². The Kier molecular flexibility index (Phi) is 4.45. The molecule has 5 rings (SSSR count). The molecule has 7 nitrogen and oxygen atoms in total. The number of rotatable bonds is 5. The Morgan fingerprint density at radius 2 is 2.14 bits per heavy atom. The molecule has 2 atom stereocenters. The number of aliphatic imine (C=N–C) groups is 1. The normalized spacial score (nSPS) is 24.4. The second-order valence-electron chi connectivity index (χ2n) is 8.15. The Hall–Kier alpha value is -2.57. The van der Waals surface area contributed by atoms with Crippen molar-refractivity contribution in [3.63, 3.8) is 0 Å². The standard InChI is InChI=1S/C21H26N6O/c1-2-9-27-20-18(25-19(26-20)13-5-3-4-6-13)17-16(21(27)28)11-15(24-17)10-14-7-8-22-12-23-14/h7-8,12-13,15-16H,2-6,9-11H2,1H3,(H,25,26). The number of nitrogens with one attached hydrogen (secondary N) is 1. The summed E-state index contributed by atoms with van der Waals surface area (Å²) in [6.07, 6.45) is 10.6. The molecule has 1 N–H and O–H groups in total. The van der Waals surface area contributed by atoms with Crippen molar-refractivity contribution in [1.82, 2.24) is 19.9 Å². The monoisotopic (exact) mass is 378 g/mol. The van der Waals surface area contributed by atoms with Gasteiger partial charge in [0.15, 0.2) is 5.82 Å². The lowest BCUT2D eigenvalue weighted by Crippen LogP contribution is -2.44. The van der Waals surface area contributed by atoms with Gasteiger partial charge in [-0.1, -0.05) is 19.8 Å². The van der Waals surface area contributed by atoms with Gasteiger partial charge in [0, 0.05) is 30.8 Å². The molecule has 7 heteroatoms. The average Bonchev–Trinajstić information content (AvgIpc) is 3.44. The molecule has 0 bridgehead atoms. The Labute approximate surface area is 164 Å². The number of hydrogen-bond acceptors (Lipinski definition) is 5. The minimum Gasteiger partial charge on any atom is -0.339 e. The molecule has 1 amide bonds. The molecule has 0 saturated heterocycles. The maximum absolute atomic E-state index is 13.3. The van der Waals surface area contributed by atoms with Gasteiger partial charge in [-0.25, -0.2) is 15.0 Å². The molecule has 2 aromatic heterocycles. The summed E-state index contributed by atoms with van der Waals surface area (Å²) in [6.45, 7) is 2.81. The van der Waals surface area contributed by atoms with Crippen LogP contribution in [0.2, 0.25) is 0 Å². The lowest BCUT2D eigenvalue weighted by molar-refractivity contribution is -0.120. The first-order valence-electron chi connectivity index (χ1n) is 10.5. The number of nitrogens with zero attached hydrogens (tertiary/aromatic N) is 5. The lowest BCUT2D eigenvalue weighted by atomic mass is 9.91. The Balaban J connectivity index is 1.49. The average molecular weight is 378 g/mol. The van der Waals surface area contributed by atoms with Crippen molar-refractivity contribution in [3.8, 4) is 0 Å². The number of fused-ring (bicyclic) bond motifs is 3. The number of carbonyl (C=O) groups is 1. The molecule has 2 unspecified atom stereocenters. The van der Waals surface area contributed by atoms with Gasteiger partial charge >= 0.3 is 0 Å². The summed E-state index contributed by atoms with van der Waals surface area (Å²) in [5.41, 5.74) is 2.85. The van der Waals surface area contributed by atoms with E-state index in [2.05, 4.69) is 21.9 Å². The second kappa shape index (κ2) is 7.11. The molecule has 0 spiro atoms. The maximum atomic E-state index is 13.3. The van der Waals surface area contributed by atoms with E-state index in [4.69, 9.17) is 9.98 Å². The molecule has 1 fully saturated rings. The van der Waals surface area contributed by atoms with E-state index in [1.54, 1.807) is 12.5 Å². The summed E-state index contributed by atoms with van der Waals surface area (Å²) in [6, 6.07) is 2.00. The van der Waals surface area contributed by atoms with E-state index in [0.29, 0.717) is 12.5 Å². The van der Waals surface area contributed by atoms with Crippen molar-refractivity contribution in [3.05, 3.63) is 35.8 Å². The minimum atomic E-state index is -0.164. The van der Waals surface area contributed by atoms with Crippen molar-refractivity contribution in [2.45, 2.75) is 63.8 Å². The van der Waals surface area contributed by atoms with Crippen LogP contribution in [0.4, 0.5) is 5.82 Å². The smallest absolute Gasteiger partial charge is 0.237 e. The number of H-pyrrole nitrogens is 1. The molecule has 2 aromatic rings. The molecular weight excluding hydrogens is 352 g/mol. The summed E-state index contributed by atoms with van der Waals surface area (Å²) < 4.78 is 0. The zero-order chi connectivity index (χ0) is 19.1. The molecule has 1 aliphatic carbocycles. The van der Waals surface area contributed by atoms with E-state index < -0.39 is 0 Å². The highest BCUT2D eigenvalue weighted by Crippen LogP contribution is 2.40. The Morgan fingerprint density at radius 1 is 1.29 bits per heavy atom. The first-order chi connectivity index (χ1) is 13.7. The second-order valence-corrected chi connectivity index (χ2v) is 8.15. The lowest BCUT2D eigenvalue weighted by Gasteiger charge is -2.29. The van der Waals surface area contributed by atoms with Crippen LogP contribution in [-0.4, -0.2) is 44.1 Å². The number of amides is 1. The van der Waals surface area contributed by atoms with Gasteiger partial charge in [0.1, 0.15) is 17.8 Å². The largest absolute Gasteiger partial charge is 0.339 e. The fourth-order valence-electron chi connectivity index (χ4n) is 4.87. The summed E-state index contributed by atoms with van der Waals surface area (Å²) in [7, 11) is 0. The maximum Gasteiger partial charge on any atom is 0.237 e. The number of aromatic amines is 1. The molecule has 0 radical (unpaired) electrons. The predicted octanol–water partition coefficient (Wildman–Crippen LogP) is 3.03. The van der Waals surface area contributed by atoms with Gasteiger partial charge in [-0.15, -0.1) is 0 Å². The molecule has 146 valence electrons. The van der Waals surface area contributed by atoms with Crippen LogP contribution in [0.3, 0.4) is 0 Å². The summed E-state index contributed by atoms with van der Waals surface area (Å²) in [5.74, 6) is 2.32. The fourth-order valence-corrected chi connectivity index (χ4v) is 4.87. The van der Waals surface area contributed by atoms with E-state index in [9.17, 15) is 4.79 Å². The minimum absolute atomic E-state index is 0.0755. The highest BCUT2D eigenvalue weighted by atomic mass is 16.2. The van der Waals surface area contributed by atoms with Crippen LogP contribution >= 0.6 is 0 Å². The van der Waals surface area contributed by atoms with Gasteiger partial charge < -0.3 is 4.98 Å². The zero-order valence-corrected chi connectivity index (χ0v) is 16.3. The molecule has 2 aliphatic heterocycles. The van der Waals surface area contributed by atoms with Crippen molar-refractivity contribution >= 4 is 17.4 Å². The third-order valence-electron chi connectivity index (χ3n) is 6.22. The SMILES string of the molecule is CCCN1C(=O)C2CC(Cc3ccncn3)N=C2c2[nH]c(C3CCCC3)nc21. The van der Waals surface area contributed by atoms with Crippen LogP contribution < -0.4 is 4.90 Å². The van der Waals surface area contributed by atoms with E-state index in [1.807, 2.05) is 11.0 Å². The quantitative estimate of drug-likeness (QED) is 0.866. The summed E-state index contributed by atoms with van der Waals surface area (Å²) in [5, 5.41) is 0. The van der Waals surface area contributed by atoms with E-state index in [1.165, 1.54) is 25.7 Å². The Bertz CT molecular complexity index is 899. The van der Waals surface area contributed by atoms with Crippen LogP contribution in [-0.2, 0) is 11.2 Å². The topological polar surface area (TPSA) is 87.1 Å². The van der Waals surface area contributed by atoms with Crippen LogP contribution in [0.1, 0.15) is 68.6 Å². The van der Waals surface area contributed by atoms with Crippen molar-refractivity contribution in [2.24, 2.45) is 10.9 Å². The van der Waals surface area contributed by atoms with Gasteiger partial charge in [0.05, 0.1) is 17.7 Å². The highest BCUT2D eigenvalue weighted by molar-refractivity contribution is 6.23. The number of anilines is 1. The Morgan fingerprint density at radius 3 is 2.89 bits per heavy atom. The molecule has 4 heterocycles. The van der Waals surface area contributed by atoms with Crippen molar-refractivity contribution in [1.29, 1.82) is 0 Å². The predicted molar refractivity (Wildman–Crippen MR) is 107 cm³/mol. The fraction of sp³-hybridized carbons (Fsp3) is 0.571. The van der Waals surface area contributed by atoms with Gasteiger partial charge in [-0.05, 0) is 31.7 Å². The molecular formula is C21H26N6O. The van der Waals surface area contributed by atoms with Crippen LogP contribution in [0, 0.1) is 5.92 Å². The summed E-state index contributed by atoms with van der Waals surface area (Å²) >= 11 is 0. The zero-order valence-electron chi connectivity index (χ0n) is 16.3. The third-order valence-corrected chi connectivity index (χ3v) is 6.22. The summed E-state index contributed by atoms with van der Waals surface area (Å²) in [4.78, 5) is 36.9. The van der Waals surface area contributed by atoms with Gasteiger partial charge in [-0.2, -0.15) is 0 Å². The number of carbonyl (C=O) groups excluding carboxylic acids is 1. The molecule has 0 aromatic carbocycles. The number of hydrogen-bond donors (Lipinski definition) is 1. The molecule has 3 aliphatic rings. The van der Waals surface area contributed by atoms with Gasteiger partial charge in [0.2, 0.25) is 5.91 Å². The number of imidazole rings is 1. The van der Waals surface area contributed by atoms with Crippen LogP contribution in [0.25, 0.3) is 0 Å². The van der Waals surface area contributed by atoms with E-state index in [0.717, 1.165) is 48.0 Å². The van der Waals surface area contributed by atoms with Crippen molar-refractivity contribution in [2.75, 3.05) is 11.4 Å². The highest BCUT2D eigenvalue weighted by Gasteiger charge is 2.44. The van der Waals surface area contributed by atoms with E-state index >= 15 is 0 Å². The van der Waals surface area contributed by atoms with Crippen molar-refractivity contribution < 1.29 is 4.79 Å². The first-order valence-corrected chi connectivity index (χ1v) is 10.5.